The minimum Gasteiger partial charge on any atom is -0.120 e. The number of hydrogen-bond donors (Lipinski definition) is 0. The highest BCUT2D eigenvalue weighted by Gasteiger charge is 2.10. The highest BCUT2D eigenvalue weighted by atomic mass is 14.1. The number of hydrogen-bond acceptors (Lipinski definition) is 0. The molecule has 1 unspecified atom stereocenters. The normalized spacial score (nSPS) is 22.1. The van der Waals surface area contributed by atoms with E-state index < -0.39 is 0 Å². The van der Waals surface area contributed by atoms with Gasteiger partial charge < -0.3 is 0 Å². The Bertz CT molecular complexity index is 80.7. The van der Waals surface area contributed by atoms with Crippen LogP contribution in [0.25, 0.3) is 0 Å². The lowest BCUT2D eigenvalue weighted by Gasteiger charge is -1.91. The average Bonchev–Trinajstić information content (AvgIpc) is 2.14. The molecule has 0 heteroatoms. The van der Waals surface area contributed by atoms with Gasteiger partial charge in [0.15, 0.2) is 0 Å². The molecular formula is C7H9. The summed E-state index contributed by atoms with van der Waals surface area (Å²) in [7, 11) is 0. The zero-order valence-corrected chi connectivity index (χ0v) is 4.35. The van der Waals surface area contributed by atoms with Gasteiger partial charge in [-0.3, -0.25) is 0 Å². The molecular weight excluding hydrogens is 84.1 g/mol. The molecule has 37 valence electrons. The first-order valence-corrected chi connectivity index (χ1v) is 2.71. The Morgan fingerprint density at radius 1 is 1.71 bits per heavy atom. The van der Waals surface area contributed by atoms with Gasteiger partial charge in [-0.05, 0) is 25.7 Å². The molecule has 0 heterocycles. The summed E-state index contributed by atoms with van der Waals surface area (Å²) in [6.07, 6.45) is 11.0. The first-order valence-electron chi connectivity index (χ1n) is 2.71. The van der Waals surface area contributed by atoms with Crippen molar-refractivity contribution in [2.45, 2.75) is 19.3 Å². The molecule has 1 fully saturated rings. The molecule has 0 aliphatic heterocycles. The molecule has 0 aromatic rings. The van der Waals surface area contributed by atoms with Gasteiger partial charge in [0.2, 0.25) is 0 Å². The van der Waals surface area contributed by atoms with Gasteiger partial charge in [0.1, 0.15) is 0 Å². The SMILES string of the molecule is C#CC1C[CH]CC1. The van der Waals surface area contributed by atoms with Crippen LogP contribution < -0.4 is 0 Å². The Balaban J connectivity index is 2.31. The van der Waals surface area contributed by atoms with E-state index in [0.717, 1.165) is 6.42 Å². The van der Waals surface area contributed by atoms with Crippen LogP contribution in [0.1, 0.15) is 19.3 Å². The van der Waals surface area contributed by atoms with Gasteiger partial charge in [-0.15, -0.1) is 12.3 Å². The van der Waals surface area contributed by atoms with Crippen LogP contribution in [0, 0.1) is 24.7 Å². The summed E-state index contributed by atoms with van der Waals surface area (Å²) in [4.78, 5) is 0. The molecule has 0 aromatic carbocycles. The summed E-state index contributed by atoms with van der Waals surface area (Å²) in [5.74, 6) is 3.30. The van der Waals surface area contributed by atoms with Gasteiger partial charge in [-0.2, -0.15) is 0 Å². The quantitative estimate of drug-likeness (QED) is 0.399. The van der Waals surface area contributed by atoms with E-state index in [9.17, 15) is 0 Å². The van der Waals surface area contributed by atoms with E-state index in [1.165, 1.54) is 12.8 Å². The topological polar surface area (TPSA) is 0 Å². The lowest BCUT2D eigenvalue weighted by Crippen LogP contribution is -1.83. The van der Waals surface area contributed by atoms with E-state index in [2.05, 4.69) is 12.3 Å². The van der Waals surface area contributed by atoms with Crippen molar-refractivity contribution in [1.29, 1.82) is 0 Å². The lowest BCUT2D eigenvalue weighted by molar-refractivity contribution is 0.720. The first kappa shape index (κ1) is 4.71. The van der Waals surface area contributed by atoms with Crippen LogP contribution in [-0.4, -0.2) is 0 Å². The molecule has 0 amide bonds. The van der Waals surface area contributed by atoms with Crippen molar-refractivity contribution in [3.8, 4) is 12.3 Å². The third-order valence-electron chi connectivity index (χ3n) is 1.41. The minimum atomic E-state index is 0.569. The summed E-state index contributed by atoms with van der Waals surface area (Å²) in [6.45, 7) is 0. The second kappa shape index (κ2) is 2.02. The zero-order valence-electron chi connectivity index (χ0n) is 4.35. The maximum absolute atomic E-state index is 5.16. The molecule has 0 N–H and O–H groups in total. The molecule has 7 heavy (non-hydrogen) atoms. The molecule has 1 atom stereocenters. The molecule has 0 saturated heterocycles. The maximum Gasteiger partial charge on any atom is 0.0203 e. The Kier molecular flexibility index (Phi) is 1.36. The van der Waals surface area contributed by atoms with Gasteiger partial charge in [0.25, 0.3) is 0 Å². The van der Waals surface area contributed by atoms with Crippen molar-refractivity contribution in [1.82, 2.24) is 0 Å². The van der Waals surface area contributed by atoms with Crippen LogP contribution in [0.15, 0.2) is 0 Å². The van der Waals surface area contributed by atoms with Crippen LogP contribution >= 0.6 is 0 Å². The monoisotopic (exact) mass is 93.1 g/mol. The smallest absolute Gasteiger partial charge is 0.0203 e. The van der Waals surface area contributed by atoms with Crippen LogP contribution in [0.2, 0.25) is 0 Å². The van der Waals surface area contributed by atoms with Gasteiger partial charge in [0.05, 0.1) is 0 Å². The predicted molar refractivity (Wildman–Crippen MR) is 30.5 cm³/mol. The van der Waals surface area contributed by atoms with Crippen LogP contribution in [0.5, 0.6) is 0 Å². The third kappa shape index (κ3) is 0.962. The molecule has 1 aliphatic carbocycles. The molecule has 0 nitrogen and oxygen atoms in total. The third-order valence-corrected chi connectivity index (χ3v) is 1.41. The molecule has 0 spiro atoms. The van der Waals surface area contributed by atoms with Crippen LogP contribution in [-0.2, 0) is 0 Å². The lowest BCUT2D eigenvalue weighted by atomic mass is 10.1. The Labute approximate surface area is 44.9 Å². The van der Waals surface area contributed by atoms with Crippen LogP contribution in [0.3, 0.4) is 0 Å². The second-order valence-electron chi connectivity index (χ2n) is 1.97. The van der Waals surface area contributed by atoms with Crippen molar-refractivity contribution < 1.29 is 0 Å². The highest BCUT2D eigenvalue weighted by molar-refractivity contribution is 4.99. The first-order chi connectivity index (χ1) is 3.43. The second-order valence-corrected chi connectivity index (χ2v) is 1.97. The fourth-order valence-electron chi connectivity index (χ4n) is 0.907. The summed E-state index contributed by atoms with van der Waals surface area (Å²) in [5.41, 5.74) is 0. The summed E-state index contributed by atoms with van der Waals surface area (Å²) >= 11 is 0. The van der Waals surface area contributed by atoms with E-state index in [0.29, 0.717) is 5.92 Å². The fraction of sp³-hybridized carbons (Fsp3) is 0.571. The average molecular weight is 93.1 g/mol. The summed E-state index contributed by atoms with van der Waals surface area (Å²) in [6, 6.07) is 0. The predicted octanol–water partition coefficient (Wildman–Crippen LogP) is 1.62. The van der Waals surface area contributed by atoms with E-state index in [1.54, 1.807) is 0 Å². The van der Waals surface area contributed by atoms with Gasteiger partial charge in [-0.1, -0.05) is 0 Å². The van der Waals surface area contributed by atoms with Gasteiger partial charge >= 0.3 is 0 Å². The minimum absolute atomic E-state index is 0.569. The van der Waals surface area contributed by atoms with Crippen molar-refractivity contribution in [2.75, 3.05) is 0 Å². The van der Waals surface area contributed by atoms with E-state index in [-0.39, 0.29) is 0 Å². The van der Waals surface area contributed by atoms with Crippen LogP contribution in [0.4, 0.5) is 0 Å². The summed E-state index contributed by atoms with van der Waals surface area (Å²) < 4.78 is 0. The molecule has 0 aromatic heterocycles. The number of terminal acetylenes is 1. The highest BCUT2D eigenvalue weighted by Crippen LogP contribution is 2.22. The Morgan fingerprint density at radius 3 is 2.86 bits per heavy atom. The van der Waals surface area contributed by atoms with Gasteiger partial charge in [0, 0.05) is 5.92 Å². The fourth-order valence-corrected chi connectivity index (χ4v) is 0.907. The van der Waals surface area contributed by atoms with Crippen molar-refractivity contribution >= 4 is 0 Å². The largest absolute Gasteiger partial charge is 0.120 e. The molecule has 1 saturated carbocycles. The van der Waals surface area contributed by atoms with Crippen molar-refractivity contribution in [2.24, 2.45) is 5.92 Å². The maximum atomic E-state index is 5.16. The Morgan fingerprint density at radius 2 is 2.57 bits per heavy atom. The standard InChI is InChI=1S/C7H9/c1-2-7-5-3-4-6-7/h1,3,7H,4-6H2. The molecule has 1 rings (SSSR count). The zero-order chi connectivity index (χ0) is 5.11. The van der Waals surface area contributed by atoms with Crippen molar-refractivity contribution in [3.63, 3.8) is 0 Å². The van der Waals surface area contributed by atoms with E-state index in [1.807, 2.05) is 0 Å². The van der Waals surface area contributed by atoms with Gasteiger partial charge in [-0.25, -0.2) is 0 Å². The number of rotatable bonds is 0. The molecule has 1 radical (unpaired) electrons. The van der Waals surface area contributed by atoms with E-state index in [4.69, 9.17) is 6.42 Å². The van der Waals surface area contributed by atoms with E-state index >= 15 is 0 Å². The summed E-state index contributed by atoms with van der Waals surface area (Å²) in [5, 5.41) is 0. The van der Waals surface area contributed by atoms with Crippen molar-refractivity contribution in [3.05, 3.63) is 6.42 Å². The Hall–Kier alpha value is -0.440. The molecule has 0 bridgehead atoms. The molecule has 1 aliphatic rings.